The molecule has 0 radical (unpaired) electrons. The van der Waals surface area contributed by atoms with Crippen LogP contribution in [0.2, 0.25) is 0 Å². The number of rotatable bonds is 4. The number of hydrogen-bond acceptors (Lipinski definition) is 3. The highest BCUT2D eigenvalue weighted by Crippen LogP contribution is 2.39. The molecule has 0 atom stereocenters. The minimum atomic E-state index is -0.546. The number of nitrogens with one attached hydrogen (secondary N) is 1. The molecular weight excluding hydrogens is 318 g/mol. The van der Waals surface area contributed by atoms with Crippen LogP contribution in [0.15, 0.2) is 4.47 Å². The van der Waals surface area contributed by atoms with Gasteiger partial charge in [0.15, 0.2) is 0 Å². The first-order valence-corrected chi connectivity index (χ1v) is 8.13. The molecule has 0 aromatic carbocycles. The Balaban J connectivity index is 1.87. The van der Waals surface area contributed by atoms with Crippen molar-refractivity contribution in [3.8, 4) is 0 Å². The van der Waals surface area contributed by atoms with Gasteiger partial charge in [0.05, 0.1) is 21.5 Å². The lowest BCUT2D eigenvalue weighted by Gasteiger charge is -2.40. The van der Waals surface area contributed by atoms with Crippen LogP contribution in [-0.4, -0.2) is 27.0 Å². The van der Waals surface area contributed by atoms with Crippen LogP contribution in [-0.2, 0) is 13.6 Å². The van der Waals surface area contributed by atoms with E-state index in [-0.39, 0.29) is 0 Å². The summed E-state index contributed by atoms with van der Waals surface area (Å²) in [5.74, 6) is 0. The highest BCUT2D eigenvalue weighted by atomic mass is 79.9. The smallest absolute Gasteiger partial charge is 0.0772 e. The van der Waals surface area contributed by atoms with Gasteiger partial charge in [-0.25, -0.2) is 0 Å². The van der Waals surface area contributed by atoms with Gasteiger partial charge < -0.3 is 10.4 Å². The van der Waals surface area contributed by atoms with Gasteiger partial charge in [-0.3, -0.25) is 4.68 Å². The zero-order chi connectivity index (χ0) is 15.0. The van der Waals surface area contributed by atoms with Gasteiger partial charge in [-0.05, 0) is 54.0 Å². The Morgan fingerprint density at radius 2 is 1.90 bits per heavy atom. The normalized spacial score (nSPS) is 21.1. The van der Waals surface area contributed by atoms with Gasteiger partial charge in [0.1, 0.15) is 0 Å². The van der Waals surface area contributed by atoms with Crippen LogP contribution in [0.3, 0.4) is 0 Å². The van der Waals surface area contributed by atoms with Crippen molar-refractivity contribution in [1.82, 2.24) is 15.1 Å². The summed E-state index contributed by atoms with van der Waals surface area (Å²) in [4.78, 5) is 0. The van der Waals surface area contributed by atoms with Crippen molar-refractivity contribution >= 4 is 15.9 Å². The van der Waals surface area contributed by atoms with Crippen LogP contribution in [0.5, 0.6) is 0 Å². The van der Waals surface area contributed by atoms with Gasteiger partial charge in [0.25, 0.3) is 0 Å². The Kier molecular flexibility index (Phi) is 4.62. The molecule has 20 heavy (non-hydrogen) atoms. The summed E-state index contributed by atoms with van der Waals surface area (Å²) < 4.78 is 2.95. The topological polar surface area (TPSA) is 50.1 Å². The Morgan fingerprint density at radius 1 is 1.30 bits per heavy atom. The summed E-state index contributed by atoms with van der Waals surface area (Å²) >= 11 is 3.57. The van der Waals surface area contributed by atoms with Gasteiger partial charge in [-0.2, -0.15) is 5.10 Å². The maximum atomic E-state index is 10.6. The van der Waals surface area contributed by atoms with Crippen LogP contribution in [0.1, 0.15) is 50.9 Å². The lowest BCUT2D eigenvalue weighted by molar-refractivity contribution is -0.0246. The third-order valence-electron chi connectivity index (χ3n) is 4.54. The minimum Gasteiger partial charge on any atom is -0.389 e. The third kappa shape index (κ3) is 3.62. The van der Waals surface area contributed by atoms with Gasteiger partial charge >= 0.3 is 0 Å². The molecule has 0 spiro atoms. The molecule has 114 valence electrons. The number of aromatic nitrogens is 2. The highest BCUT2D eigenvalue weighted by molar-refractivity contribution is 9.10. The summed E-state index contributed by atoms with van der Waals surface area (Å²) in [6.45, 7) is 7.94. The molecule has 0 aliphatic heterocycles. The molecule has 1 heterocycles. The zero-order valence-electron chi connectivity index (χ0n) is 13.0. The Bertz CT molecular complexity index is 472. The second kappa shape index (κ2) is 5.78. The van der Waals surface area contributed by atoms with Gasteiger partial charge in [-0.15, -0.1) is 0 Å². The molecule has 1 saturated carbocycles. The number of aryl methyl sites for hydroxylation is 2. The lowest BCUT2D eigenvalue weighted by atomic mass is 9.71. The van der Waals surface area contributed by atoms with Crippen LogP contribution in [0.4, 0.5) is 0 Å². The van der Waals surface area contributed by atoms with E-state index in [0.717, 1.165) is 48.1 Å². The summed E-state index contributed by atoms with van der Waals surface area (Å²) in [6.07, 6.45) is 3.97. The fourth-order valence-corrected chi connectivity index (χ4v) is 3.33. The Hall–Kier alpha value is -0.390. The van der Waals surface area contributed by atoms with Crippen molar-refractivity contribution in [3.63, 3.8) is 0 Å². The summed E-state index contributed by atoms with van der Waals surface area (Å²) in [6, 6.07) is 0. The van der Waals surface area contributed by atoms with Gasteiger partial charge in [0, 0.05) is 20.1 Å². The first-order chi connectivity index (χ1) is 9.22. The van der Waals surface area contributed by atoms with Crippen LogP contribution >= 0.6 is 15.9 Å². The molecule has 0 saturated heterocycles. The van der Waals surface area contributed by atoms with Crippen molar-refractivity contribution in [1.29, 1.82) is 0 Å². The Morgan fingerprint density at radius 3 is 2.40 bits per heavy atom. The predicted octanol–water partition coefficient (Wildman–Crippen LogP) is 2.91. The number of nitrogens with zero attached hydrogens (tertiary/aromatic N) is 2. The second-order valence-corrected chi connectivity index (χ2v) is 7.75. The average Bonchev–Trinajstić information content (AvgIpc) is 2.60. The molecular formula is C15H26BrN3O. The van der Waals surface area contributed by atoms with E-state index in [2.05, 4.69) is 40.2 Å². The maximum absolute atomic E-state index is 10.6. The standard InChI is InChI=1S/C15H26BrN3O/c1-11-13(16)12(19(4)18-11)9-17-10-15(20)7-5-14(2,3)6-8-15/h17,20H,5-10H2,1-4H3. The van der Waals surface area contributed by atoms with E-state index in [0.29, 0.717) is 12.0 Å². The summed E-state index contributed by atoms with van der Waals surface area (Å²) in [5, 5.41) is 18.4. The fraction of sp³-hybridized carbons (Fsp3) is 0.800. The first-order valence-electron chi connectivity index (χ1n) is 7.34. The lowest BCUT2D eigenvalue weighted by Crippen LogP contribution is -2.45. The molecule has 1 aliphatic carbocycles. The van der Waals surface area contributed by atoms with Gasteiger partial charge in [0.2, 0.25) is 0 Å². The van der Waals surface area contributed by atoms with Crippen LogP contribution in [0.25, 0.3) is 0 Å². The van der Waals surface area contributed by atoms with Crippen molar-refractivity contribution in [2.24, 2.45) is 12.5 Å². The molecule has 0 unspecified atom stereocenters. The van der Waals surface area contributed by atoms with E-state index in [1.54, 1.807) is 0 Å². The molecule has 2 rings (SSSR count). The SMILES string of the molecule is Cc1nn(C)c(CNCC2(O)CCC(C)(C)CC2)c1Br. The van der Waals surface area contributed by atoms with Gasteiger partial charge in [-0.1, -0.05) is 13.8 Å². The fourth-order valence-electron chi connectivity index (χ4n) is 2.85. The molecule has 1 fully saturated rings. The largest absolute Gasteiger partial charge is 0.389 e. The monoisotopic (exact) mass is 343 g/mol. The van der Waals surface area contributed by atoms with Crippen LogP contribution < -0.4 is 5.32 Å². The van der Waals surface area contributed by atoms with E-state index in [1.165, 1.54) is 0 Å². The second-order valence-electron chi connectivity index (χ2n) is 6.96. The zero-order valence-corrected chi connectivity index (χ0v) is 14.5. The number of aliphatic hydroxyl groups is 1. The highest BCUT2D eigenvalue weighted by Gasteiger charge is 2.36. The van der Waals surface area contributed by atoms with E-state index >= 15 is 0 Å². The van der Waals surface area contributed by atoms with E-state index in [9.17, 15) is 5.11 Å². The van der Waals surface area contributed by atoms with Crippen LogP contribution in [0, 0.1) is 12.3 Å². The number of halogens is 1. The summed E-state index contributed by atoms with van der Waals surface area (Å²) in [7, 11) is 1.95. The van der Waals surface area contributed by atoms with Crippen molar-refractivity contribution in [3.05, 3.63) is 15.9 Å². The molecule has 4 nitrogen and oxygen atoms in total. The summed E-state index contributed by atoms with van der Waals surface area (Å²) in [5.41, 5.74) is 1.97. The minimum absolute atomic E-state index is 0.383. The van der Waals surface area contributed by atoms with Crippen molar-refractivity contribution < 1.29 is 5.11 Å². The average molecular weight is 344 g/mol. The molecule has 1 aromatic heterocycles. The van der Waals surface area contributed by atoms with Crippen molar-refractivity contribution in [2.45, 2.75) is 58.6 Å². The van der Waals surface area contributed by atoms with Crippen molar-refractivity contribution in [2.75, 3.05) is 6.54 Å². The van der Waals surface area contributed by atoms with E-state index in [1.807, 2.05) is 18.7 Å². The number of hydrogen-bond donors (Lipinski definition) is 2. The first kappa shape index (κ1) is 16.0. The maximum Gasteiger partial charge on any atom is 0.0772 e. The third-order valence-corrected chi connectivity index (χ3v) is 5.57. The molecule has 1 aromatic rings. The molecule has 2 N–H and O–H groups in total. The van der Waals surface area contributed by atoms with E-state index < -0.39 is 5.60 Å². The molecule has 1 aliphatic rings. The predicted molar refractivity (Wildman–Crippen MR) is 84.6 cm³/mol. The molecule has 0 bridgehead atoms. The van der Waals surface area contributed by atoms with E-state index in [4.69, 9.17) is 0 Å². The molecule has 5 heteroatoms. The Labute approximate surface area is 130 Å². The molecule has 0 amide bonds. The quantitative estimate of drug-likeness (QED) is 0.883.